The Morgan fingerprint density at radius 3 is 2.72 bits per heavy atom. The molecule has 0 bridgehead atoms. The Morgan fingerprint density at radius 1 is 1.33 bits per heavy atom. The van der Waals surface area contributed by atoms with E-state index in [1.165, 1.54) is 25.7 Å². The first-order valence-electron chi connectivity index (χ1n) is 6.87. The van der Waals surface area contributed by atoms with E-state index in [1.54, 1.807) is 0 Å². The molecule has 1 heterocycles. The number of nitrogens with zero attached hydrogens (tertiary/aromatic N) is 2. The van der Waals surface area contributed by atoms with Crippen molar-refractivity contribution in [2.45, 2.75) is 57.0 Å². The molecular formula is C14H23N3S. The molecule has 0 amide bonds. The molecule has 0 aromatic carbocycles. The summed E-state index contributed by atoms with van der Waals surface area (Å²) >= 11 is 1.99. The Balaban J connectivity index is 1.96. The second-order valence-electron chi connectivity index (χ2n) is 5.52. The minimum Gasteiger partial charge on any atom is -0.384 e. The lowest BCUT2D eigenvalue weighted by molar-refractivity contribution is 0.632. The second-order valence-corrected chi connectivity index (χ2v) is 6.80. The zero-order chi connectivity index (χ0) is 13.0. The highest BCUT2D eigenvalue weighted by atomic mass is 32.2. The van der Waals surface area contributed by atoms with Crippen LogP contribution in [0.3, 0.4) is 0 Å². The standard InChI is InChI=1S/C14H23N3S/c1-10(2)7-11-8-13(15)17-14(16-11)9-18-12-5-3-4-6-12/h8,10,12H,3-7,9H2,1-2H3,(H2,15,16,17). The predicted octanol–water partition coefficient (Wildman–Crippen LogP) is 3.43. The van der Waals surface area contributed by atoms with E-state index in [2.05, 4.69) is 23.8 Å². The van der Waals surface area contributed by atoms with Crippen LogP contribution in [0.15, 0.2) is 6.07 Å². The number of nitrogens with two attached hydrogens (primary N) is 1. The van der Waals surface area contributed by atoms with Crippen molar-refractivity contribution < 1.29 is 0 Å². The molecule has 1 fully saturated rings. The van der Waals surface area contributed by atoms with Crippen molar-refractivity contribution in [3.8, 4) is 0 Å². The van der Waals surface area contributed by atoms with Gasteiger partial charge in [-0.05, 0) is 25.2 Å². The number of anilines is 1. The average Bonchev–Trinajstić information content (AvgIpc) is 2.77. The summed E-state index contributed by atoms with van der Waals surface area (Å²) in [4.78, 5) is 8.97. The van der Waals surface area contributed by atoms with Crippen LogP contribution in [0.1, 0.15) is 51.0 Å². The maximum absolute atomic E-state index is 5.86. The molecule has 1 saturated carbocycles. The van der Waals surface area contributed by atoms with Gasteiger partial charge < -0.3 is 5.73 Å². The fourth-order valence-electron chi connectivity index (χ4n) is 2.41. The summed E-state index contributed by atoms with van der Waals surface area (Å²) in [6.07, 6.45) is 6.45. The maximum Gasteiger partial charge on any atom is 0.140 e. The number of thioether (sulfide) groups is 1. The van der Waals surface area contributed by atoms with Gasteiger partial charge in [0.15, 0.2) is 0 Å². The lowest BCUT2D eigenvalue weighted by Crippen LogP contribution is -2.06. The van der Waals surface area contributed by atoms with Crippen LogP contribution in [0.2, 0.25) is 0 Å². The molecule has 100 valence electrons. The first-order valence-corrected chi connectivity index (χ1v) is 7.92. The summed E-state index contributed by atoms with van der Waals surface area (Å²) in [7, 11) is 0. The summed E-state index contributed by atoms with van der Waals surface area (Å²) in [5, 5.41) is 0.809. The van der Waals surface area contributed by atoms with Crippen LogP contribution < -0.4 is 5.73 Å². The fourth-order valence-corrected chi connectivity index (χ4v) is 3.59. The molecule has 4 heteroatoms. The Bertz CT molecular complexity index is 387. The summed E-state index contributed by atoms with van der Waals surface area (Å²) in [6.45, 7) is 4.40. The van der Waals surface area contributed by atoms with Crippen molar-refractivity contribution in [3.63, 3.8) is 0 Å². The van der Waals surface area contributed by atoms with Crippen LogP contribution in [-0.4, -0.2) is 15.2 Å². The number of hydrogen-bond acceptors (Lipinski definition) is 4. The first kappa shape index (κ1) is 13.7. The molecule has 2 rings (SSSR count). The van der Waals surface area contributed by atoms with Gasteiger partial charge in [-0.3, -0.25) is 0 Å². The zero-order valence-corrected chi connectivity index (χ0v) is 12.2. The summed E-state index contributed by atoms with van der Waals surface area (Å²) in [5.74, 6) is 3.03. The average molecular weight is 265 g/mol. The van der Waals surface area contributed by atoms with E-state index in [1.807, 2.05) is 17.8 Å². The number of rotatable bonds is 5. The van der Waals surface area contributed by atoms with E-state index in [4.69, 9.17) is 5.73 Å². The fraction of sp³-hybridized carbons (Fsp3) is 0.714. The van der Waals surface area contributed by atoms with E-state index in [0.29, 0.717) is 11.7 Å². The van der Waals surface area contributed by atoms with E-state index in [-0.39, 0.29) is 0 Å². The van der Waals surface area contributed by atoms with Gasteiger partial charge in [0.05, 0.1) is 5.75 Å². The van der Waals surface area contributed by atoms with Gasteiger partial charge in [-0.25, -0.2) is 9.97 Å². The first-order chi connectivity index (χ1) is 8.63. The third-order valence-corrected chi connectivity index (χ3v) is 4.58. The minimum atomic E-state index is 0.606. The molecule has 0 unspecified atom stereocenters. The van der Waals surface area contributed by atoms with Crippen LogP contribution in [0.4, 0.5) is 5.82 Å². The SMILES string of the molecule is CC(C)Cc1cc(N)nc(CSC2CCCC2)n1. The van der Waals surface area contributed by atoms with Crippen LogP contribution in [0, 0.1) is 5.92 Å². The summed E-state index contributed by atoms with van der Waals surface area (Å²) in [5.41, 5.74) is 6.94. The normalized spacial score (nSPS) is 16.6. The lowest BCUT2D eigenvalue weighted by atomic mass is 10.1. The number of nitrogen functional groups attached to an aromatic ring is 1. The van der Waals surface area contributed by atoms with Gasteiger partial charge >= 0.3 is 0 Å². The molecule has 3 nitrogen and oxygen atoms in total. The van der Waals surface area contributed by atoms with Gasteiger partial charge in [-0.1, -0.05) is 26.7 Å². The van der Waals surface area contributed by atoms with Gasteiger partial charge in [0.1, 0.15) is 11.6 Å². The second kappa shape index (κ2) is 6.41. The van der Waals surface area contributed by atoms with E-state index < -0.39 is 0 Å². The number of hydrogen-bond donors (Lipinski definition) is 1. The van der Waals surface area contributed by atoms with Crippen molar-refractivity contribution in [3.05, 3.63) is 17.6 Å². The van der Waals surface area contributed by atoms with Crippen LogP contribution in [-0.2, 0) is 12.2 Å². The van der Waals surface area contributed by atoms with Gasteiger partial charge in [0.25, 0.3) is 0 Å². The molecule has 0 spiro atoms. The third-order valence-electron chi connectivity index (χ3n) is 3.21. The molecule has 1 aromatic heterocycles. The van der Waals surface area contributed by atoms with Crippen LogP contribution >= 0.6 is 11.8 Å². The van der Waals surface area contributed by atoms with E-state index >= 15 is 0 Å². The van der Waals surface area contributed by atoms with Gasteiger partial charge in [-0.15, -0.1) is 0 Å². The molecule has 18 heavy (non-hydrogen) atoms. The monoisotopic (exact) mass is 265 g/mol. The van der Waals surface area contributed by atoms with Gasteiger partial charge in [0, 0.05) is 17.0 Å². The number of aromatic nitrogens is 2. The van der Waals surface area contributed by atoms with Gasteiger partial charge in [-0.2, -0.15) is 11.8 Å². The van der Waals surface area contributed by atoms with Crippen molar-refractivity contribution in [2.24, 2.45) is 5.92 Å². The lowest BCUT2D eigenvalue weighted by Gasteiger charge is -2.10. The summed E-state index contributed by atoms with van der Waals surface area (Å²) in [6, 6.07) is 1.91. The molecule has 1 aromatic rings. The molecular weight excluding hydrogens is 242 g/mol. The van der Waals surface area contributed by atoms with Gasteiger partial charge in [0.2, 0.25) is 0 Å². The third kappa shape index (κ3) is 4.16. The molecule has 0 atom stereocenters. The largest absolute Gasteiger partial charge is 0.384 e. The Kier molecular flexibility index (Phi) is 4.87. The molecule has 0 aliphatic heterocycles. The molecule has 2 N–H and O–H groups in total. The molecule has 1 aliphatic carbocycles. The van der Waals surface area contributed by atoms with Crippen LogP contribution in [0.25, 0.3) is 0 Å². The van der Waals surface area contributed by atoms with Crippen molar-refractivity contribution >= 4 is 17.6 Å². The summed E-state index contributed by atoms with van der Waals surface area (Å²) < 4.78 is 0. The Labute approximate surface area is 114 Å². The smallest absolute Gasteiger partial charge is 0.140 e. The Morgan fingerprint density at radius 2 is 2.06 bits per heavy atom. The maximum atomic E-state index is 5.86. The van der Waals surface area contributed by atoms with Crippen molar-refractivity contribution in [1.82, 2.24) is 9.97 Å². The van der Waals surface area contributed by atoms with E-state index in [0.717, 1.165) is 28.9 Å². The highest BCUT2D eigenvalue weighted by molar-refractivity contribution is 7.99. The zero-order valence-electron chi connectivity index (χ0n) is 11.4. The van der Waals surface area contributed by atoms with E-state index in [9.17, 15) is 0 Å². The molecule has 1 aliphatic rings. The topological polar surface area (TPSA) is 51.8 Å². The van der Waals surface area contributed by atoms with Crippen molar-refractivity contribution in [1.29, 1.82) is 0 Å². The van der Waals surface area contributed by atoms with Crippen LogP contribution in [0.5, 0.6) is 0 Å². The highest BCUT2D eigenvalue weighted by Gasteiger charge is 2.16. The highest BCUT2D eigenvalue weighted by Crippen LogP contribution is 2.31. The minimum absolute atomic E-state index is 0.606. The van der Waals surface area contributed by atoms with Crippen molar-refractivity contribution in [2.75, 3.05) is 5.73 Å². The predicted molar refractivity (Wildman–Crippen MR) is 78.5 cm³/mol. The molecule has 0 saturated heterocycles. The Hall–Kier alpha value is -0.770. The molecule has 0 radical (unpaired) electrons. The quantitative estimate of drug-likeness (QED) is 0.886.